The Morgan fingerprint density at radius 1 is 0.844 bits per heavy atom. The maximum Gasteiger partial charge on any atom is 0.287 e. The first-order chi connectivity index (χ1) is 15.6. The lowest BCUT2D eigenvalue weighted by molar-refractivity contribution is 0.0879. The van der Waals surface area contributed by atoms with Gasteiger partial charge >= 0.3 is 0 Å². The number of carbonyl (C=O) groups is 2. The summed E-state index contributed by atoms with van der Waals surface area (Å²) in [6.07, 6.45) is 1.39. The lowest BCUT2D eigenvalue weighted by Crippen LogP contribution is -2.37. The van der Waals surface area contributed by atoms with Crippen LogP contribution in [0.1, 0.15) is 58.1 Å². The maximum absolute atomic E-state index is 12.8. The van der Waals surface area contributed by atoms with Gasteiger partial charge in [-0.2, -0.15) is 0 Å². The summed E-state index contributed by atoms with van der Waals surface area (Å²) in [5.41, 5.74) is 0.763. The van der Waals surface area contributed by atoms with Gasteiger partial charge in [-0.1, -0.05) is 19.9 Å². The lowest BCUT2D eigenvalue weighted by atomic mass is 10.1. The predicted molar refractivity (Wildman–Crippen MR) is 116 cm³/mol. The van der Waals surface area contributed by atoms with Gasteiger partial charge in [0.15, 0.2) is 23.0 Å². The van der Waals surface area contributed by atoms with E-state index in [4.69, 9.17) is 18.3 Å². The van der Waals surface area contributed by atoms with E-state index >= 15 is 0 Å². The van der Waals surface area contributed by atoms with E-state index in [1.54, 1.807) is 30.3 Å². The number of ether oxygens (including phenoxy) is 2. The second kappa shape index (κ2) is 9.64. The molecule has 0 aliphatic carbocycles. The van der Waals surface area contributed by atoms with Crippen molar-refractivity contribution in [1.82, 2.24) is 10.6 Å². The summed E-state index contributed by atoms with van der Waals surface area (Å²) in [4.78, 5) is 25.4. The zero-order valence-electron chi connectivity index (χ0n) is 18.1. The van der Waals surface area contributed by atoms with Crippen LogP contribution in [0.5, 0.6) is 11.5 Å². The van der Waals surface area contributed by atoms with E-state index in [1.807, 2.05) is 26.0 Å². The molecule has 3 heterocycles. The normalized spacial score (nSPS) is 13.4. The molecule has 0 saturated heterocycles. The van der Waals surface area contributed by atoms with Crippen LogP contribution in [0.4, 0.5) is 0 Å². The molecule has 2 amide bonds. The first-order valence-electron chi connectivity index (χ1n) is 10.7. The van der Waals surface area contributed by atoms with Crippen LogP contribution in [0.25, 0.3) is 0 Å². The second-order valence-corrected chi connectivity index (χ2v) is 7.38. The number of hydrogen-bond acceptors (Lipinski definition) is 6. The minimum absolute atomic E-state index is 0.147. The molecule has 0 saturated carbocycles. The topological polar surface area (TPSA) is 103 Å². The third-order valence-corrected chi connectivity index (χ3v) is 5.21. The fourth-order valence-electron chi connectivity index (χ4n) is 3.42. The molecule has 1 atom stereocenters. The molecule has 3 aromatic rings. The summed E-state index contributed by atoms with van der Waals surface area (Å²) in [5, 5.41) is 5.78. The van der Waals surface area contributed by atoms with E-state index in [-0.39, 0.29) is 29.9 Å². The van der Waals surface area contributed by atoms with Gasteiger partial charge in [0.25, 0.3) is 11.8 Å². The van der Waals surface area contributed by atoms with E-state index in [1.165, 1.54) is 0 Å². The zero-order valence-corrected chi connectivity index (χ0v) is 18.1. The van der Waals surface area contributed by atoms with Gasteiger partial charge in [-0.25, -0.2) is 0 Å². The summed E-state index contributed by atoms with van der Waals surface area (Å²) < 4.78 is 22.4. The summed E-state index contributed by atoms with van der Waals surface area (Å²) >= 11 is 0. The van der Waals surface area contributed by atoms with Gasteiger partial charge in [0.2, 0.25) is 0 Å². The molecule has 1 aliphatic heterocycles. The molecule has 32 heavy (non-hydrogen) atoms. The Morgan fingerprint density at radius 3 is 2.09 bits per heavy atom. The van der Waals surface area contributed by atoms with Crippen molar-refractivity contribution in [2.45, 2.75) is 32.7 Å². The van der Waals surface area contributed by atoms with Crippen LogP contribution in [0.3, 0.4) is 0 Å². The average molecular weight is 438 g/mol. The molecular weight excluding hydrogens is 412 g/mol. The first kappa shape index (κ1) is 21.5. The van der Waals surface area contributed by atoms with E-state index in [9.17, 15) is 9.59 Å². The van der Waals surface area contributed by atoms with Crippen LogP contribution in [-0.4, -0.2) is 31.6 Å². The lowest BCUT2D eigenvalue weighted by Gasteiger charge is -2.23. The first-order valence-corrected chi connectivity index (χ1v) is 10.7. The highest BCUT2D eigenvalue weighted by Crippen LogP contribution is 2.32. The zero-order chi connectivity index (χ0) is 22.5. The van der Waals surface area contributed by atoms with Gasteiger partial charge in [0, 0.05) is 19.4 Å². The molecule has 168 valence electrons. The number of rotatable bonds is 8. The monoisotopic (exact) mass is 438 g/mol. The Kier molecular flexibility index (Phi) is 6.49. The highest BCUT2D eigenvalue weighted by molar-refractivity contribution is 5.92. The van der Waals surface area contributed by atoms with E-state index in [0.717, 1.165) is 17.1 Å². The molecular formula is C24H26N2O6. The van der Waals surface area contributed by atoms with Crippen LogP contribution in [0.2, 0.25) is 0 Å². The predicted octanol–water partition coefficient (Wildman–Crippen LogP) is 3.67. The fourth-order valence-corrected chi connectivity index (χ4v) is 3.42. The molecule has 8 heteroatoms. The second-order valence-electron chi connectivity index (χ2n) is 7.38. The van der Waals surface area contributed by atoms with Crippen molar-refractivity contribution >= 4 is 11.8 Å². The summed E-state index contributed by atoms with van der Waals surface area (Å²) in [7, 11) is 0. The van der Waals surface area contributed by atoms with Gasteiger partial charge < -0.3 is 28.9 Å². The van der Waals surface area contributed by atoms with Crippen LogP contribution >= 0.6 is 0 Å². The van der Waals surface area contributed by atoms with Crippen molar-refractivity contribution in [3.63, 3.8) is 0 Å². The number of fused-ring (bicyclic) bond motifs is 1. The van der Waals surface area contributed by atoms with Crippen LogP contribution in [0, 0.1) is 0 Å². The fraction of sp³-hybridized carbons (Fsp3) is 0.333. The molecule has 0 bridgehead atoms. The Balaban J connectivity index is 1.53. The van der Waals surface area contributed by atoms with Crippen molar-refractivity contribution in [3.05, 3.63) is 71.1 Å². The highest BCUT2D eigenvalue weighted by Gasteiger charge is 2.22. The van der Waals surface area contributed by atoms with Crippen molar-refractivity contribution in [2.24, 2.45) is 0 Å². The SMILES string of the molecule is CCc1ccc(C(=O)NCC(NC(=O)c2ccc(CC)o2)c2ccc3c(c2)OCCO3)o1. The van der Waals surface area contributed by atoms with Crippen LogP contribution < -0.4 is 20.1 Å². The van der Waals surface area contributed by atoms with Gasteiger partial charge in [-0.15, -0.1) is 0 Å². The highest BCUT2D eigenvalue weighted by atomic mass is 16.6. The average Bonchev–Trinajstić information content (AvgIpc) is 3.51. The number of aryl methyl sites for hydroxylation is 2. The van der Waals surface area contributed by atoms with Gasteiger partial charge in [0.05, 0.1) is 6.04 Å². The van der Waals surface area contributed by atoms with Crippen molar-refractivity contribution in [1.29, 1.82) is 0 Å². The largest absolute Gasteiger partial charge is 0.486 e. The number of nitrogens with one attached hydrogen (secondary N) is 2. The molecule has 4 rings (SSSR count). The summed E-state index contributed by atoms with van der Waals surface area (Å²) in [5.74, 6) is 2.43. The quantitative estimate of drug-likeness (QED) is 0.556. The standard InChI is InChI=1S/C24H26N2O6/c1-3-16-6-9-20(31-16)23(27)25-14-18(26-24(28)21-10-7-17(4-2)32-21)15-5-8-19-22(13-15)30-12-11-29-19/h5-10,13,18H,3-4,11-12,14H2,1-2H3,(H,25,27)(H,26,28). The maximum atomic E-state index is 12.8. The number of hydrogen-bond donors (Lipinski definition) is 2. The molecule has 2 aromatic heterocycles. The molecule has 2 N–H and O–H groups in total. The third-order valence-electron chi connectivity index (χ3n) is 5.21. The van der Waals surface area contributed by atoms with Crippen molar-refractivity contribution in [3.8, 4) is 11.5 Å². The summed E-state index contributed by atoms with van der Waals surface area (Å²) in [6.45, 7) is 4.99. The number of furan rings is 2. The Bertz CT molecular complexity index is 1100. The Morgan fingerprint density at radius 2 is 1.47 bits per heavy atom. The third kappa shape index (κ3) is 4.80. The number of amides is 2. The van der Waals surface area contributed by atoms with Crippen LogP contribution in [-0.2, 0) is 12.8 Å². The molecule has 1 unspecified atom stereocenters. The van der Waals surface area contributed by atoms with E-state index < -0.39 is 6.04 Å². The molecule has 0 fully saturated rings. The minimum atomic E-state index is -0.530. The molecule has 1 aliphatic rings. The van der Waals surface area contributed by atoms with Gasteiger partial charge in [-0.3, -0.25) is 9.59 Å². The molecule has 0 radical (unpaired) electrons. The Labute approximate surface area is 185 Å². The van der Waals surface area contributed by atoms with Crippen molar-refractivity contribution < 1.29 is 27.9 Å². The molecule has 0 spiro atoms. The van der Waals surface area contributed by atoms with E-state index in [0.29, 0.717) is 37.6 Å². The minimum Gasteiger partial charge on any atom is -0.486 e. The molecule has 1 aromatic carbocycles. The number of benzene rings is 1. The number of carbonyl (C=O) groups excluding carboxylic acids is 2. The smallest absolute Gasteiger partial charge is 0.287 e. The van der Waals surface area contributed by atoms with E-state index in [2.05, 4.69) is 10.6 Å². The van der Waals surface area contributed by atoms with Gasteiger partial charge in [0.1, 0.15) is 24.7 Å². The van der Waals surface area contributed by atoms with Crippen LogP contribution in [0.15, 0.2) is 51.3 Å². The summed E-state index contributed by atoms with van der Waals surface area (Å²) in [6, 6.07) is 11.8. The van der Waals surface area contributed by atoms with Gasteiger partial charge in [-0.05, 0) is 42.0 Å². The molecule has 8 nitrogen and oxygen atoms in total. The Hall–Kier alpha value is -3.68. The van der Waals surface area contributed by atoms with Crippen molar-refractivity contribution in [2.75, 3.05) is 19.8 Å².